The lowest BCUT2D eigenvalue weighted by Crippen LogP contribution is -2.40. The summed E-state index contributed by atoms with van der Waals surface area (Å²) in [6, 6.07) is -0.294. The van der Waals surface area contributed by atoms with Crippen LogP contribution >= 0.6 is 0 Å². The van der Waals surface area contributed by atoms with Crippen LogP contribution in [0.25, 0.3) is 0 Å². The maximum Gasteiger partial charge on any atom is 0.323 e. The Bertz CT molecular complexity index is 341. The quantitative estimate of drug-likeness (QED) is 0.785. The molecule has 0 spiro atoms. The summed E-state index contributed by atoms with van der Waals surface area (Å²) in [7, 11) is 0. The molecule has 96 valence electrons. The van der Waals surface area contributed by atoms with E-state index in [9.17, 15) is 4.79 Å². The number of nitrogens with one attached hydrogen (secondary N) is 1. The van der Waals surface area contributed by atoms with Gasteiger partial charge in [-0.25, -0.2) is 4.98 Å². The molecule has 1 N–H and O–H groups in total. The number of imidazole rings is 1. The first-order valence-corrected chi connectivity index (χ1v) is 5.80. The third-order valence-corrected chi connectivity index (χ3v) is 2.14. The average Bonchev–Trinajstić information content (AvgIpc) is 2.67. The lowest BCUT2D eigenvalue weighted by atomic mass is 10.2. The zero-order valence-corrected chi connectivity index (χ0v) is 10.9. The van der Waals surface area contributed by atoms with Crippen molar-refractivity contribution in [3.8, 4) is 0 Å². The van der Waals surface area contributed by atoms with E-state index < -0.39 is 5.60 Å². The highest BCUT2D eigenvalue weighted by atomic mass is 16.6. The molecule has 5 nitrogen and oxygen atoms in total. The van der Waals surface area contributed by atoms with Crippen LogP contribution in [0.1, 0.15) is 27.7 Å². The SMILES string of the molecule is CC(NCCn1ccnc1)C(=O)OC(C)(C)C. The first-order chi connectivity index (χ1) is 7.88. The summed E-state index contributed by atoms with van der Waals surface area (Å²) in [6.07, 6.45) is 5.37. The lowest BCUT2D eigenvalue weighted by Gasteiger charge is -2.22. The number of hydrogen-bond donors (Lipinski definition) is 1. The monoisotopic (exact) mass is 239 g/mol. The highest BCUT2D eigenvalue weighted by Crippen LogP contribution is 2.08. The average molecular weight is 239 g/mol. The van der Waals surface area contributed by atoms with E-state index in [1.54, 1.807) is 12.5 Å². The molecule has 0 aliphatic rings. The number of carbonyl (C=O) groups excluding carboxylic acids is 1. The molecule has 1 atom stereocenters. The number of rotatable bonds is 5. The molecule has 0 saturated carbocycles. The fourth-order valence-corrected chi connectivity index (χ4v) is 1.30. The van der Waals surface area contributed by atoms with Crippen LogP contribution in [0.3, 0.4) is 0 Å². The molecule has 0 radical (unpaired) electrons. The molecule has 1 heterocycles. The normalized spacial score (nSPS) is 13.4. The maximum absolute atomic E-state index is 11.6. The Morgan fingerprint density at radius 1 is 1.53 bits per heavy atom. The summed E-state index contributed by atoms with van der Waals surface area (Å²) in [5.41, 5.74) is -0.433. The number of hydrogen-bond acceptors (Lipinski definition) is 4. The molecule has 0 aliphatic heterocycles. The zero-order chi connectivity index (χ0) is 12.9. The predicted octanol–water partition coefficient (Wildman–Crippen LogP) is 1.20. The van der Waals surface area contributed by atoms with Gasteiger partial charge in [-0.15, -0.1) is 0 Å². The van der Waals surface area contributed by atoms with E-state index in [1.165, 1.54) is 0 Å². The van der Waals surface area contributed by atoms with Crippen LogP contribution < -0.4 is 5.32 Å². The number of nitrogens with zero attached hydrogens (tertiary/aromatic N) is 2. The maximum atomic E-state index is 11.6. The van der Waals surface area contributed by atoms with E-state index in [2.05, 4.69) is 10.3 Å². The molecule has 1 aromatic rings. The molecule has 0 aromatic carbocycles. The van der Waals surface area contributed by atoms with Gasteiger partial charge in [0.05, 0.1) is 6.33 Å². The van der Waals surface area contributed by atoms with Gasteiger partial charge in [-0.1, -0.05) is 0 Å². The van der Waals surface area contributed by atoms with Crippen molar-refractivity contribution in [1.82, 2.24) is 14.9 Å². The summed E-state index contributed by atoms with van der Waals surface area (Å²) in [5.74, 6) is -0.219. The van der Waals surface area contributed by atoms with Crippen LogP contribution in [-0.4, -0.2) is 33.7 Å². The van der Waals surface area contributed by atoms with Crippen molar-refractivity contribution in [1.29, 1.82) is 0 Å². The smallest absolute Gasteiger partial charge is 0.323 e. The van der Waals surface area contributed by atoms with Gasteiger partial charge in [-0.3, -0.25) is 4.79 Å². The minimum atomic E-state index is -0.433. The van der Waals surface area contributed by atoms with Gasteiger partial charge in [-0.05, 0) is 27.7 Å². The van der Waals surface area contributed by atoms with Crippen molar-refractivity contribution in [2.75, 3.05) is 6.54 Å². The van der Waals surface area contributed by atoms with Crippen molar-refractivity contribution in [3.05, 3.63) is 18.7 Å². The standard InChI is InChI=1S/C12H21N3O2/c1-10(11(16)17-12(2,3)4)14-6-8-15-7-5-13-9-15/h5,7,9-10,14H,6,8H2,1-4H3. The fourth-order valence-electron chi connectivity index (χ4n) is 1.30. The van der Waals surface area contributed by atoms with Crippen molar-refractivity contribution < 1.29 is 9.53 Å². The zero-order valence-electron chi connectivity index (χ0n) is 10.9. The molecular weight excluding hydrogens is 218 g/mol. The number of ether oxygens (including phenoxy) is 1. The van der Waals surface area contributed by atoms with Crippen molar-refractivity contribution in [3.63, 3.8) is 0 Å². The highest BCUT2D eigenvalue weighted by Gasteiger charge is 2.20. The number of aromatic nitrogens is 2. The van der Waals surface area contributed by atoms with Gasteiger partial charge in [0.2, 0.25) is 0 Å². The Hall–Kier alpha value is -1.36. The van der Waals surface area contributed by atoms with Gasteiger partial charge in [0.25, 0.3) is 0 Å². The van der Waals surface area contributed by atoms with Crippen molar-refractivity contribution in [2.24, 2.45) is 0 Å². The predicted molar refractivity (Wildman–Crippen MR) is 65.5 cm³/mol. The Kier molecular flexibility index (Phi) is 4.69. The minimum absolute atomic E-state index is 0.219. The molecule has 0 aliphatic carbocycles. The van der Waals surface area contributed by atoms with Crippen LogP contribution in [0.15, 0.2) is 18.7 Å². The van der Waals surface area contributed by atoms with Crippen molar-refractivity contribution in [2.45, 2.75) is 45.9 Å². The van der Waals surface area contributed by atoms with Gasteiger partial charge in [-0.2, -0.15) is 0 Å². The Balaban J connectivity index is 2.25. The largest absolute Gasteiger partial charge is 0.459 e. The second-order valence-electron chi connectivity index (χ2n) is 5.01. The van der Waals surface area contributed by atoms with E-state index in [-0.39, 0.29) is 12.0 Å². The van der Waals surface area contributed by atoms with Gasteiger partial charge >= 0.3 is 5.97 Å². The third kappa shape index (κ3) is 5.49. The van der Waals surface area contributed by atoms with Gasteiger partial charge in [0, 0.05) is 25.5 Å². The molecular formula is C12H21N3O2. The lowest BCUT2D eigenvalue weighted by molar-refractivity contribution is -0.156. The molecule has 0 amide bonds. The summed E-state index contributed by atoms with van der Waals surface area (Å²) in [5, 5.41) is 3.12. The minimum Gasteiger partial charge on any atom is -0.459 e. The molecule has 17 heavy (non-hydrogen) atoms. The van der Waals surface area contributed by atoms with E-state index in [0.717, 1.165) is 6.54 Å². The topological polar surface area (TPSA) is 56.2 Å². The number of esters is 1. The molecule has 5 heteroatoms. The van der Waals surface area contributed by atoms with Crippen LogP contribution in [0.5, 0.6) is 0 Å². The summed E-state index contributed by atoms with van der Waals surface area (Å²) in [6.45, 7) is 8.89. The molecule has 0 saturated heterocycles. The summed E-state index contributed by atoms with van der Waals surface area (Å²) < 4.78 is 7.22. The van der Waals surface area contributed by atoms with Crippen LogP contribution in [0, 0.1) is 0 Å². The Morgan fingerprint density at radius 2 is 2.24 bits per heavy atom. The van der Waals surface area contributed by atoms with E-state index in [0.29, 0.717) is 6.54 Å². The molecule has 1 rings (SSSR count). The first-order valence-electron chi connectivity index (χ1n) is 5.80. The van der Waals surface area contributed by atoms with Crippen LogP contribution in [0.4, 0.5) is 0 Å². The fraction of sp³-hybridized carbons (Fsp3) is 0.667. The Morgan fingerprint density at radius 3 is 2.76 bits per heavy atom. The van der Waals surface area contributed by atoms with Crippen molar-refractivity contribution >= 4 is 5.97 Å². The van der Waals surface area contributed by atoms with Crippen LogP contribution in [-0.2, 0) is 16.1 Å². The molecule has 0 fully saturated rings. The Labute approximate surface area is 102 Å². The second kappa shape index (κ2) is 5.82. The van der Waals surface area contributed by atoms with Gasteiger partial charge < -0.3 is 14.6 Å². The number of carbonyl (C=O) groups is 1. The molecule has 1 unspecified atom stereocenters. The van der Waals surface area contributed by atoms with Gasteiger partial charge in [0.1, 0.15) is 11.6 Å². The summed E-state index contributed by atoms with van der Waals surface area (Å²) >= 11 is 0. The second-order valence-corrected chi connectivity index (χ2v) is 5.01. The third-order valence-electron chi connectivity index (χ3n) is 2.14. The van der Waals surface area contributed by atoms with Gasteiger partial charge in [0.15, 0.2) is 0 Å². The van der Waals surface area contributed by atoms with E-state index in [1.807, 2.05) is 38.5 Å². The molecule has 0 bridgehead atoms. The van der Waals surface area contributed by atoms with E-state index >= 15 is 0 Å². The molecule has 1 aromatic heterocycles. The summed E-state index contributed by atoms with van der Waals surface area (Å²) in [4.78, 5) is 15.6. The van der Waals surface area contributed by atoms with Crippen LogP contribution in [0.2, 0.25) is 0 Å². The first kappa shape index (κ1) is 13.7. The van der Waals surface area contributed by atoms with E-state index in [4.69, 9.17) is 4.74 Å². The highest BCUT2D eigenvalue weighted by molar-refractivity contribution is 5.75.